The molecule has 3 aromatic carbocycles. The minimum atomic E-state index is -4.20. The molecule has 4 amide bonds. The predicted molar refractivity (Wildman–Crippen MR) is 250 cm³/mol. The zero-order valence-corrected chi connectivity index (χ0v) is 39.5. The fourth-order valence-corrected chi connectivity index (χ4v) is 10.1. The molecule has 66 heavy (non-hydrogen) atoms. The number of likely N-dealkylation sites (tertiary alicyclic amines) is 1. The standard InChI is InChI=1S/C50H61N5O10S/c1-9-34-29-50(34,45(58)54-66(60,61)49(22-23-49)24-25-63-31-32-16-12-10-13-17-32)53-43(56)40-27-36(30-55(40)44(57)42(47(2,3)4)52-46(59)65-48(5,6)7)64-41-28-38(33-18-14-11-15-19-33)51-39-26-35(62-8)20-21-37(39)41/h9-21,26,28,34,36,40,42H,1,22-25,27,29-31H2,2-8H3,(H,52,59)(H,53,56)(H,54,58)/t34-,36+,40-,42+,50-/m0/s1. The Kier molecular flexibility index (Phi) is 13.6. The van der Waals surface area contributed by atoms with Crippen molar-refractivity contribution in [1.82, 2.24) is 25.2 Å². The number of fused-ring (bicyclic) bond motifs is 1. The normalized spacial score (nSPS) is 21.6. The smallest absolute Gasteiger partial charge is 0.408 e. The van der Waals surface area contributed by atoms with Gasteiger partial charge in [0.25, 0.3) is 5.91 Å². The van der Waals surface area contributed by atoms with Crippen LogP contribution in [0.5, 0.6) is 11.5 Å². The van der Waals surface area contributed by atoms with Crippen molar-refractivity contribution in [1.29, 1.82) is 0 Å². The van der Waals surface area contributed by atoms with E-state index in [0.29, 0.717) is 47.5 Å². The monoisotopic (exact) mass is 923 g/mol. The van der Waals surface area contributed by atoms with E-state index in [1.165, 1.54) is 11.0 Å². The van der Waals surface area contributed by atoms with Gasteiger partial charge in [-0.05, 0) is 69.6 Å². The van der Waals surface area contributed by atoms with Crippen molar-refractivity contribution in [2.45, 2.75) is 114 Å². The summed E-state index contributed by atoms with van der Waals surface area (Å²) in [6.45, 7) is 14.8. The molecule has 3 aliphatic rings. The number of nitrogens with zero attached hydrogens (tertiary/aromatic N) is 2. The summed E-state index contributed by atoms with van der Waals surface area (Å²) >= 11 is 0. The van der Waals surface area contributed by atoms with E-state index in [1.807, 2.05) is 72.8 Å². The molecule has 1 aromatic heterocycles. The number of rotatable bonds is 17. The maximum Gasteiger partial charge on any atom is 0.408 e. The second-order valence-corrected chi connectivity index (χ2v) is 21.7. The first-order chi connectivity index (χ1) is 31.2. The Morgan fingerprint density at radius 1 is 0.955 bits per heavy atom. The van der Waals surface area contributed by atoms with Gasteiger partial charge in [0.05, 0.1) is 36.2 Å². The summed E-state index contributed by atoms with van der Waals surface area (Å²) in [6.07, 6.45) is 0.918. The van der Waals surface area contributed by atoms with E-state index in [2.05, 4.69) is 21.9 Å². The summed E-state index contributed by atoms with van der Waals surface area (Å²) in [5.74, 6) is -1.69. The van der Waals surface area contributed by atoms with E-state index in [0.717, 1.165) is 11.1 Å². The lowest BCUT2D eigenvalue weighted by molar-refractivity contribution is -0.143. The third-order valence-corrected chi connectivity index (χ3v) is 14.6. The molecule has 1 aliphatic heterocycles. The summed E-state index contributed by atoms with van der Waals surface area (Å²) in [4.78, 5) is 63.3. The molecule has 0 bridgehead atoms. The molecule has 352 valence electrons. The molecular weight excluding hydrogens is 863 g/mol. The van der Waals surface area contributed by atoms with Crippen LogP contribution in [-0.4, -0.2) is 96.5 Å². The van der Waals surface area contributed by atoms with Crippen LogP contribution in [-0.2, 0) is 40.5 Å². The number of alkyl carbamates (subject to hydrolysis) is 1. The van der Waals surface area contributed by atoms with Crippen molar-refractivity contribution in [3.05, 3.63) is 103 Å². The number of methoxy groups -OCH3 is 1. The lowest BCUT2D eigenvalue weighted by atomic mass is 9.85. The van der Waals surface area contributed by atoms with Gasteiger partial charge in [0.2, 0.25) is 21.8 Å². The summed E-state index contributed by atoms with van der Waals surface area (Å²) in [5.41, 5.74) is -0.347. The Bertz CT molecular complexity index is 2570. The largest absolute Gasteiger partial charge is 0.497 e. The van der Waals surface area contributed by atoms with Crippen LogP contribution in [0.3, 0.4) is 0 Å². The predicted octanol–water partition coefficient (Wildman–Crippen LogP) is 6.84. The van der Waals surface area contributed by atoms with E-state index in [4.69, 9.17) is 23.9 Å². The van der Waals surface area contributed by atoms with Gasteiger partial charge in [0, 0.05) is 42.0 Å². The number of aromatic nitrogens is 1. The van der Waals surface area contributed by atoms with Crippen LogP contribution in [0.2, 0.25) is 0 Å². The molecule has 0 unspecified atom stereocenters. The number of benzene rings is 3. The van der Waals surface area contributed by atoms with E-state index < -0.39 is 79.2 Å². The van der Waals surface area contributed by atoms with Gasteiger partial charge in [-0.2, -0.15) is 0 Å². The Labute approximate surface area is 387 Å². The SMILES string of the molecule is C=C[C@H]1C[C@@]1(NC(=O)[C@@H]1C[C@@H](Oc2cc(-c3ccccc3)nc3cc(OC)ccc23)CN1C(=O)[C@@H](NC(=O)OC(C)(C)C)C(C)(C)C)C(=O)NS(=O)(=O)C1(CCOCc2ccccc2)CC1. The Morgan fingerprint density at radius 3 is 2.24 bits per heavy atom. The van der Waals surface area contributed by atoms with E-state index in [1.54, 1.807) is 60.8 Å². The van der Waals surface area contributed by atoms with Crippen molar-refractivity contribution < 1.29 is 46.5 Å². The average Bonchev–Trinajstić information content (AvgIpc) is 4.18. The molecular formula is C50H61N5O10S. The Morgan fingerprint density at radius 2 is 1.64 bits per heavy atom. The third-order valence-electron chi connectivity index (χ3n) is 12.4. The van der Waals surface area contributed by atoms with E-state index in [9.17, 15) is 27.6 Å². The van der Waals surface area contributed by atoms with Gasteiger partial charge in [0.1, 0.15) is 40.8 Å². The fraction of sp³-hybridized carbons (Fsp3) is 0.460. The average molecular weight is 924 g/mol. The first-order valence-electron chi connectivity index (χ1n) is 22.3. The molecule has 3 N–H and O–H groups in total. The van der Waals surface area contributed by atoms with Crippen LogP contribution >= 0.6 is 0 Å². The molecule has 0 radical (unpaired) electrons. The molecule has 2 aliphatic carbocycles. The lowest BCUT2D eigenvalue weighted by Crippen LogP contribution is -2.60. The van der Waals surface area contributed by atoms with E-state index >= 15 is 0 Å². The summed E-state index contributed by atoms with van der Waals surface area (Å²) < 4.78 is 52.5. The fourth-order valence-electron chi connectivity index (χ4n) is 8.43. The molecule has 15 nitrogen and oxygen atoms in total. The minimum Gasteiger partial charge on any atom is -0.497 e. The minimum absolute atomic E-state index is 0.0115. The van der Waals surface area contributed by atoms with Gasteiger partial charge < -0.3 is 34.5 Å². The van der Waals surface area contributed by atoms with Crippen LogP contribution in [0.1, 0.15) is 79.2 Å². The molecule has 2 heterocycles. The first-order valence-corrected chi connectivity index (χ1v) is 23.8. The van der Waals surface area contributed by atoms with Crippen LogP contribution in [0.4, 0.5) is 4.79 Å². The van der Waals surface area contributed by atoms with Crippen molar-refractivity contribution in [3.8, 4) is 22.8 Å². The molecule has 5 atom stereocenters. The number of hydrogen-bond acceptors (Lipinski definition) is 11. The highest BCUT2D eigenvalue weighted by Gasteiger charge is 2.63. The van der Waals surface area contributed by atoms with Crippen LogP contribution in [0.25, 0.3) is 22.2 Å². The van der Waals surface area contributed by atoms with Crippen LogP contribution < -0.4 is 24.8 Å². The number of carbonyl (C=O) groups is 4. The summed E-state index contributed by atoms with van der Waals surface area (Å²) in [6, 6.07) is 24.0. The molecule has 2 saturated carbocycles. The number of amides is 4. The van der Waals surface area contributed by atoms with E-state index in [-0.39, 0.29) is 32.4 Å². The molecule has 16 heteroatoms. The van der Waals surface area contributed by atoms with Crippen LogP contribution in [0.15, 0.2) is 97.6 Å². The molecule has 1 saturated heterocycles. The molecule has 4 aromatic rings. The number of hydrogen-bond donors (Lipinski definition) is 3. The number of sulfonamides is 1. The summed E-state index contributed by atoms with van der Waals surface area (Å²) in [5, 5.41) is 6.28. The van der Waals surface area contributed by atoms with Crippen molar-refractivity contribution >= 4 is 44.7 Å². The number of pyridine rings is 1. The molecule has 0 spiro atoms. The second-order valence-electron chi connectivity index (χ2n) is 19.6. The third kappa shape index (κ3) is 10.7. The number of nitrogens with one attached hydrogen (secondary N) is 3. The van der Waals surface area contributed by atoms with Gasteiger partial charge >= 0.3 is 6.09 Å². The summed E-state index contributed by atoms with van der Waals surface area (Å²) in [7, 11) is -2.64. The zero-order chi connectivity index (χ0) is 47.7. The Balaban J connectivity index is 1.15. The molecule has 7 rings (SSSR count). The van der Waals surface area contributed by atoms with Crippen LogP contribution in [0, 0.1) is 11.3 Å². The quantitative estimate of drug-likeness (QED) is 0.0742. The maximum absolute atomic E-state index is 14.9. The van der Waals surface area contributed by atoms with Gasteiger partial charge in [-0.3, -0.25) is 19.1 Å². The molecule has 3 fully saturated rings. The topological polar surface area (TPSA) is 192 Å². The second kappa shape index (κ2) is 18.7. The van der Waals surface area contributed by atoms with Gasteiger partial charge in [-0.15, -0.1) is 6.58 Å². The number of ether oxygens (including phenoxy) is 4. The highest BCUT2D eigenvalue weighted by atomic mass is 32.2. The Hall–Kier alpha value is -6.00. The van der Waals surface area contributed by atoms with Gasteiger partial charge in [0.15, 0.2) is 0 Å². The van der Waals surface area contributed by atoms with Crippen molar-refractivity contribution in [3.63, 3.8) is 0 Å². The van der Waals surface area contributed by atoms with Crippen molar-refractivity contribution in [2.24, 2.45) is 11.3 Å². The number of carbonyl (C=O) groups excluding carboxylic acids is 4. The van der Waals surface area contributed by atoms with Crippen molar-refractivity contribution in [2.75, 3.05) is 20.3 Å². The van der Waals surface area contributed by atoms with Gasteiger partial charge in [-0.25, -0.2) is 18.2 Å². The first kappa shape index (κ1) is 47.9. The lowest BCUT2D eigenvalue weighted by Gasteiger charge is -2.36. The zero-order valence-electron chi connectivity index (χ0n) is 38.7. The van der Waals surface area contributed by atoms with Gasteiger partial charge in [-0.1, -0.05) is 87.5 Å². The maximum atomic E-state index is 14.9. The highest BCUT2D eigenvalue weighted by molar-refractivity contribution is 7.91. The highest BCUT2D eigenvalue weighted by Crippen LogP contribution is 2.49.